The van der Waals surface area contributed by atoms with Crippen LogP contribution in [0, 0.1) is 0 Å². The third kappa shape index (κ3) is 4.61. The number of anilines is 3. The van der Waals surface area contributed by atoms with Gasteiger partial charge in [0.15, 0.2) is 0 Å². The molecule has 0 bridgehead atoms. The second-order valence-electron chi connectivity index (χ2n) is 13.7. The van der Waals surface area contributed by atoms with E-state index in [0.29, 0.717) is 0 Å². The smallest absolute Gasteiger partial charge is 0.136 e. The lowest BCUT2D eigenvalue weighted by Gasteiger charge is -2.26. The molecule has 0 unspecified atom stereocenters. The number of para-hydroxylation sites is 2. The summed E-state index contributed by atoms with van der Waals surface area (Å²) in [6.07, 6.45) is 0. The van der Waals surface area contributed by atoms with Gasteiger partial charge in [0.2, 0.25) is 0 Å². The highest BCUT2D eigenvalue weighted by Crippen LogP contribution is 2.44. The van der Waals surface area contributed by atoms with Gasteiger partial charge < -0.3 is 13.9 Å². The Morgan fingerprint density at radius 2 is 1.00 bits per heavy atom. The fraction of sp³-hybridized carbons (Fsp3) is 0. The first-order valence-corrected chi connectivity index (χ1v) is 18.1. The minimum atomic E-state index is 0.882. The lowest BCUT2D eigenvalue weighted by atomic mass is 10.0. The zero-order chi connectivity index (χ0) is 34.9. The van der Waals surface area contributed by atoms with E-state index in [1.54, 1.807) is 0 Å². The minimum Gasteiger partial charge on any atom is -0.456 e. The Balaban J connectivity index is 1.21. The molecule has 2 aromatic heterocycles. The molecule has 248 valence electrons. The van der Waals surface area contributed by atoms with Crippen molar-refractivity contribution in [1.29, 1.82) is 0 Å². The number of nitrogens with zero attached hydrogens (tertiary/aromatic N) is 2. The van der Waals surface area contributed by atoms with Crippen LogP contribution >= 0.6 is 0 Å². The van der Waals surface area contributed by atoms with Crippen LogP contribution in [0.15, 0.2) is 199 Å². The molecule has 0 spiro atoms. The molecule has 9 aromatic carbocycles. The van der Waals surface area contributed by atoms with E-state index >= 15 is 0 Å². The standard InChI is InChI=1S/C50H32N2O/c1-3-13-33(14-4-1)39-19-11-12-22-44(39)52-45-28-23-34-15-7-9-20-40(34)49(45)42-27-25-38(32-46(42)52)51(36-17-5-2-6-18-36)37-26-30-47-43(31-37)50-41-21-10-8-16-35(41)24-29-48(50)53-47/h1-32H. The Morgan fingerprint density at radius 3 is 1.81 bits per heavy atom. The number of hydrogen-bond acceptors (Lipinski definition) is 2. The van der Waals surface area contributed by atoms with Gasteiger partial charge >= 0.3 is 0 Å². The Bertz CT molecular complexity index is 3170. The molecule has 0 aliphatic carbocycles. The van der Waals surface area contributed by atoms with Gasteiger partial charge in [-0.15, -0.1) is 0 Å². The monoisotopic (exact) mass is 676 g/mol. The molecule has 0 amide bonds. The second-order valence-corrected chi connectivity index (χ2v) is 13.7. The first-order valence-electron chi connectivity index (χ1n) is 18.1. The number of benzene rings is 9. The first kappa shape index (κ1) is 29.6. The molecule has 11 rings (SSSR count). The van der Waals surface area contributed by atoms with E-state index in [0.717, 1.165) is 50.2 Å². The van der Waals surface area contributed by atoms with Gasteiger partial charge in [-0.25, -0.2) is 0 Å². The van der Waals surface area contributed by atoms with Crippen LogP contribution in [0.2, 0.25) is 0 Å². The molecule has 53 heavy (non-hydrogen) atoms. The summed E-state index contributed by atoms with van der Waals surface area (Å²) in [6, 6.07) is 69.8. The Labute approximate surface area is 306 Å². The summed E-state index contributed by atoms with van der Waals surface area (Å²) in [7, 11) is 0. The first-order chi connectivity index (χ1) is 26.3. The van der Waals surface area contributed by atoms with E-state index in [2.05, 4.69) is 204 Å². The van der Waals surface area contributed by atoms with Crippen LogP contribution in [-0.2, 0) is 0 Å². The molecule has 0 saturated heterocycles. The number of aromatic nitrogens is 1. The third-order valence-electron chi connectivity index (χ3n) is 10.7. The molecule has 0 fully saturated rings. The van der Waals surface area contributed by atoms with Crippen molar-refractivity contribution in [1.82, 2.24) is 4.57 Å². The van der Waals surface area contributed by atoms with Gasteiger partial charge in [-0.2, -0.15) is 0 Å². The van der Waals surface area contributed by atoms with Gasteiger partial charge in [0, 0.05) is 44.2 Å². The number of rotatable bonds is 5. The van der Waals surface area contributed by atoms with E-state index in [-0.39, 0.29) is 0 Å². The lowest BCUT2D eigenvalue weighted by molar-refractivity contribution is 0.669. The van der Waals surface area contributed by atoms with Gasteiger partial charge in [0.05, 0.1) is 16.7 Å². The van der Waals surface area contributed by atoms with Crippen molar-refractivity contribution in [2.24, 2.45) is 0 Å². The topological polar surface area (TPSA) is 21.3 Å². The molecule has 2 heterocycles. The molecule has 0 radical (unpaired) electrons. The van der Waals surface area contributed by atoms with Crippen LogP contribution in [0.1, 0.15) is 0 Å². The van der Waals surface area contributed by atoms with Gasteiger partial charge in [-0.3, -0.25) is 0 Å². The maximum atomic E-state index is 6.42. The van der Waals surface area contributed by atoms with Crippen LogP contribution < -0.4 is 4.90 Å². The van der Waals surface area contributed by atoms with E-state index < -0.39 is 0 Å². The van der Waals surface area contributed by atoms with Gasteiger partial charge in [-0.05, 0) is 87.8 Å². The van der Waals surface area contributed by atoms with Crippen molar-refractivity contribution in [3.05, 3.63) is 194 Å². The van der Waals surface area contributed by atoms with E-state index in [1.165, 1.54) is 49.0 Å². The summed E-state index contributed by atoms with van der Waals surface area (Å²) < 4.78 is 8.89. The van der Waals surface area contributed by atoms with Crippen LogP contribution in [0.4, 0.5) is 17.1 Å². The zero-order valence-electron chi connectivity index (χ0n) is 28.8. The molecule has 11 aromatic rings. The average Bonchev–Trinajstić information content (AvgIpc) is 3.77. The Hall–Kier alpha value is -7.10. The highest BCUT2D eigenvalue weighted by molar-refractivity contribution is 6.22. The summed E-state index contributed by atoms with van der Waals surface area (Å²) in [5.41, 5.74) is 10.9. The molecular weight excluding hydrogens is 645 g/mol. The Kier molecular flexibility index (Phi) is 6.55. The summed E-state index contributed by atoms with van der Waals surface area (Å²) in [6.45, 7) is 0. The van der Waals surface area contributed by atoms with Crippen LogP contribution in [0.3, 0.4) is 0 Å². The summed E-state index contributed by atoms with van der Waals surface area (Å²) >= 11 is 0. The number of hydrogen-bond donors (Lipinski definition) is 0. The van der Waals surface area contributed by atoms with Crippen molar-refractivity contribution >= 4 is 82.4 Å². The summed E-state index contributed by atoms with van der Waals surface area (Å²) in [5.74, 6) is 0. The SMILES string of the molecule is c1ccc(-c2ccccc2-n2c3cc(N(c4ccccc4)c4ccc5oc6ccc7ccccc7c6c5c4)ccc3c3c4ccccc4ccc32)cc1. The second kappa shape index (κ2) is 11.7. The Morgan fingerprint density at radius 1 is 0.377 bits per heavy atom. The van der Waals surface area contributed by atoms with Crippen LogP contribution in [0.5, 0.6) is 0 Å². The molecule has 0 aliphatic heterocycles. The highest BCUT2D eigenvalue weighted by Gasteiger charge is 2.21. The number of fused-ring (bicyclic) bond motifs is 10. The summed E-state index contributed by atoms with van der Waals surface area (Å²) in [5, 5.41) is 9.62. The molecule has 0 aliphatic rings. The fourth-order valence-electron chi connectivity index (χ4n) is 8.40. The molecule has 0 saturated carbocycles. The quantitative estimate of drug-likeness (QED) is 0.181. The largest absolute Gasteiger partial charge is 0.456 e. The maximum Gasteiger partial charge on any atom is 0.136 e. The third-order valence-corrected chi connectivity index (χ3v) is 10.7. The molecule has 3 heteroatoms. The van der Waals surface area contributed by atoms with Crippen molar-refractivity contribution in [3.63, 3.8) is 0 Å². The fourth-order valence-corrected chi connectivity index (χ4v) is 8.40. The summed E-state index contributed by atoms with van der Waals surface area (Å²) in [4.78, 5) is 2.37. The van der Waals surface area contributed by atoms with Crippen LogP contribution in [0.25, 0.3) is 82.1 Å². The predicted octanol–water partition coefficient (Wildman–Crippen LogP) is 14.1. The van der Waals surface area contributed by atoms with Gasteiger partial charge in [-0.1, -0.05) is 133 Å². The molecule has 0 N–H and O–H groups in total. The van der Waals surface area contributed by atoms with E-state index in [1.807, 2.05) is 0 Å². The number of furan rings is 1. The van der Waals surface area contributed by atoms with E-state index in [9.17, 15) is 0 Å². The molecular formula is C50H32N2O. The van der Waals surface area contributed by atoms with Crippen LogP contribution in [-0.4, -0.2) is 4.57 Å². The van der Waals surface area contributed by atoms with Crippen molar-refractivity contribution < 1.29 is 4.42 Å². The maximum absolute atomic E-state index is 6.42. The molecule has 3 nitrogen and oxygen atoms in total. The predicted molar refractivity (Wildman–Crippen MR) is 223 cm³/mol. The normalized spacial score (nSPS) is 11.8. The van der Waals surface area contributed by atoms with Crippen molar-refractivity contribution in [2.45, 2.75) is 0 Å². The highest BCUT2D eigenvalue weighted by atomic mass is 16.3. The average molecular weight is 677 g/mol. The van der Waals surface area contributed by atoms with Crippen molar-refractivity contribution in [3.8, 4) is 16.8 Å². The van der Waals surface area contributed by atoms with E-state index in [4.69, 9.17) is 4.42 Å². The van der Waals surface area contributed by atoms with Crippen molar-refractivity contribution in [2.75, 3.05) is 4.90 Å². The van der Waals surface area contributed by atoms with Gasteiger partial charge in [0.25, 0.3) is 0 Å². The lowest BCUT2D eigenvalue weighted by Crippen LogP contribution is -2.10. The minimum absolute atomic E-state index is 0.882. The van der Waals surface area contributed by atoms with Gasteiger partial charge in [0.1, 0.15) is 11.2 Å². The molecule has 0 atom stereocenters. The zero-order valence-corrected chi connectivity index (χ0v) is 28.8.